The Morgan fingerprint density at radius 1 is 1.12 bits per heavy atom. The second kappa shape index (κ2) is 6.60. The minimum absolute atomic E-state index is 0.0556. The minimum atomic E-state index is -0.468. The number of nitrogens with zero attached hydrogens (tertiary/aromatic N) is 3. The van der Waals surface area contributed by atoms with E-state index in [-0.39, 0.29) is 5.56 Å². The van der Waals surface area contributed by atoms with Crippen LogP contribution in [0.1, 0.15) is 56.2 Å². The molecule has 1 aromatic heterocycles. The first-order valence-corrected chi connectivity index (χ1v) is 9.66. The quantitative estimate of drug-likeness (QED) is 0.913. The van der Waals surface area contributed by atoms with Gasteiger partial charge in [-0.25, -0.2) is 4.68 Å². The maximum absolute atomic E-state index is 12.3. The van der Waals surface area contributed by atoms with Gasteiger partial charge in [0.15, 0.2) is 0 Å². The molecule has 1 saturated carbocycles. The van der Waals surface area contributed by atoms with E-state index in [2.05, 4.69) is 10.00 Å². The molecule has 0 unspecified atom stereocenters. The highest BCUT2D eigenvalue weighted by atomic mass is 16.3. The largest absolute Gasteiger partial charge is 0.389 e. The predicted molar refractivity (Wildman–Crippen MR) is 93.1 cm³/mol. The summed E-state index contributed by atoms with van der Waals surface area (Å²) in [6.07, 6.45) is 9.85. The van der Waals surface area contributed by atoms with E-state index in [1.807, 2.05) is 6.07 Å². The van der Waals surface area contributed by atoms with Gasteiger partial charge in [0.05, 0.1) is 17.8 Å². The van der Waals surface area contributed by atoms with Crippen molar-refractivity contribution in [2.75, 3.05) is 19.6 Å². The van der Waals surface area contributed by atoms with E-state index in [4.69, 9.17) is 0 Å². The van der Waals surface area contributed by atoms with Crippen molar-refractivity contribution in [3.8, 4) is 0 Å². The number of rotatable bonds is 4. The zero-order valence-corrected chi connectivity index (χ0v) is 14.5. The first-order chi connectivity index (χ1) is 11.6. The van der Waals surface area contributed by atoms with Crippen molar-refractivity contribution in [1.82, 2.24) is 14.7 Å². The van der Waals surface area contributed by atoms with Crippen LogP contribution in [0.15, 0.2) is 10.9 Å². The van der Waals surface area contributed by atoms with Gasteiger partial charge in [0.2, 0.25) is 0 Å². The first kappa shape index (κ1) is 16.3. The Bertz CT molecular complexity index is 643. The molecule has 0 spiro atoms. The van der Waals surface area contributed by atoms with Crippen LogP contribution < -0.4 is 5.56 Å². The molecule has 1 aromatic rings. The normalized spacial score (nSPS) is 24.4. The van der Waals surface area contributed by atoms with Crippen molar-refractivity contribution < 1.29 is 5.11 Å². The number of hydrogen-bond acceptors (Lipinski definition) is 4. The summed E-state index contributed by atoms with van der Waals surface area (Å²) in [4.78, 5) is 14.6. The zero-order valence-electron chi connectivity index (χ0n) is 14.5. The molecule has 1 saturated heterocycles. The fraction of sp³-hybridized carbons (Fsp3) is 0.789. The van der Waals surface area contributed by atoms with E-state index in [1.165, 1.54) is 19.3 Å². The van der Waals surface area contributed by atoms with Crippen LogP contribution in [-0.2, 0) is 19.4 Å². The predicted octanol–water partition coefficient (Wildman–Crippen LogP) is 1.75. The number of fused-ring (bicyclic) bond motifs is 1. The lowest BCUT2D eigenvalue weighted by molar-refractivity contribution is -0.0556. The molecule has 2 aliphatic carbocycles. The van der Waals surface area contributed by atoms with E-state index < -0.39 is 5.60 Å². The van der Waals surface area contributed by atoms with E-state index in [1.54, 1.807) is 4.68 Å². The molecule has 2 fully saturated rings. The van der Waals surface area contributed by atoms with Crippen molar-refractivity contribution in [2.24, 2.45) is 5.92 Å². The molecular weight excluding hydrogens is 302 g/mol. The highest BCUT2D eigenvalue weighted by Crippen LogP contribution is 2.31. The van der Waals surface area contributed by atoms with Gasteiger partial charge >= 0.3 is 0 Å². The van der Waals surface area contributed by atoms with Crippen molar-refractivity contribution in [3.63, 3.8) is 0 Å². The molecule has 0 amide bonds. The van der Waals surface area contributed by atoms with Gasteiger partial charge < -0.3 is 5.11 Å². The van der Waals surface area contributed by atoms with Crippen molar-refractivity contribution in [3.05, 3.63) is 27.7 Å². The highest BCUT2D eigenvalue weighted by Gasteiger charge is 2.36. The summed E-state index contributed by atoms with van der Waals surface area (Å²) in [5.74, 6) is 0.490. The Kier molecular flexibility index (Phi) is 4.48. The summed E-state index contributed by atoms with van der Waals surface area (Å²) < 4.78 is 1.68. The molecular formula is C19H29N3O2. The lowest BCUT2D eigenvalue weighted by Crippen LogP contribution is -2.55. The topological polar surface area (TPSA) is 58.4 Å². The molecule has 132 valence electrons. The van der Waals surface area contributed by atoms with Gasteiger partial charge in [-0.05, 0) is 44.1 Å². The summed E-state index contributed by atoms with van der Waals surface area (Å²) in [6, 6.07) is 1.81. The third-order valence-electron chi connectivity index (χ3n) is 6.04. The monoisotopic (exact) mass is 331 g/mol. The van der Waals surface area contributed by atoms with Crippen molar-refractivity contribution in [2.45, 2.75) is 69.9 Å². The maximum atomic E-state index is 12.3. The van der Waals surface area contributed by atoms with E-state index >= 15 is 0 Å². The number of aliphatic hydroxyl groups is 1. The molecule has 0 bridgehead atoms. The Balaban J connectivity index is 1.33. The first-order valence-electron chi connectivity index (χ1n) is 9.66. The second-order valence-corrected chi connectivity index (χ2v) is 8.19. The molecule has 0 radical (unpaired) electrons. The number of aromatic nitrogens is 2. The summed E-state index contributed by atoms with van der Waals surface area (Å²) in [5.41, 5.74) is 1.88. The van der Waals surface area contributed by atoms with Crippen LogP contribution in [0.4, 0.5) is 0 Å². The fourth-order valence-corrected chi connectivity index (χ4v) is 4.68. The summed E-state index contributed by atoms with van der Waals surface area (Å²) in [6.45, 7) is 3.48. The van der Waals surface area contributed by atoms with Crippen LogP contribution in [0.2, 0.25) is 0 Å². The van der Waals surface area contributed by atoms with Crippen molar-refractivity contribution >= 4 is 0 Å². The molecule has 4 rings (SSSR count). The number of hydrogen-bond donors (Lipinski definition) is 1. The van der Waals surface area contributed by atoms with Crippen LogP contribution >= 0.6 is 0 Å². The van der Waals surface area contributed by atoms with Gasteiger partial charge in [-0.15, -0.1) is 0 Å². The molecule has 5 nitrogen and oxygen atoms in total. The van der Waals surface area contributed by atoms with Crippen LogP contribution in [0.5, 0.6) is 0 Å². The highest BCUT2D eigenvalue weighted by molar-refractivity contribution is 5.20. The molecule has 3 aliphatic rings. The second-order valence-electron chi connectivity index (χ2n) is 8.19. The number of β-amino-alcohol motifs (C(OH)–C–C–N with tert-alkyl or cyclic N) is 1. The smallest absolute Gasteiger partial charge is 0.267 e. The standard InChI is InChI=1S/C19H29N3O2/c23-18-10-16-6-2-3-7-17(16)20-22(18)13-15-11-21(12-15)14-19(24)8-4-1-5-9-19/h10,15,24H,1-9,11-14H2. The molecule has 0 aromatic carbocycles. The fourth-order valence-electron chi connectivity index (χ4n) is 4.68. The Morgan fingerprint density at radius 3 is 2.67 bits per heavy atom. The van der Waals surface area contributed by atoms with Crippen LogP contribution in [0.3, 0.4) is 0 Å². The molecule has 24 heavy (non-hydrogen) atoms. The molecule has 0 atom stereocenters. The minimum Gasteiger partial charge on any atom is -0.389 e. The van der Waals surface area contributed by atoms with E-state index in [9.17, 15) is 9.90 Å². The summed E-state index contributed by atoms with van der Waals surface area (Å²) in [5, 5.41) is 15.3. The van der Waals surface area contributed by atoms with Gasteiger partial charge in [0.25, 0.3) is 5.56 Å². The Hall–Kier alpha value is -1.20. The third kappa shape index (κ3) is 3.42. The van der Waals surface area contributed by atoms with Crippen LogP contribution in [0, 0.1) is 5.92 Å². The number of likely N-dealkylation sites (tertiary alicyclic amines) is 1. The lowest BCUT2D eigenvalue weighted by Gasteiger charge is -2.45. The summed E-state index contributed by atoms with van der Waals surface area (Å²) in [7, 11) is 0. The number of aryl methyl sites for hydroxylation is 2. The lowest BCUT2D eigenvalue weighted by atomic mass is 9.83. The van der Waals surface area contributed by atoms with Gasteiger partial charge in [-0.3, -0.25) is 9.69 Å². The maximum Gasteiger partial charge on any atom is 0.267 e. The van der Waals surface area contributed by atoms with E-state index in [0.717, 1.165) is 76.0 Å². The average Bonchev–Trinajstić information content (AvgIpc) is 2.54. The SMILES string of the molecule is O=c1cc2c(nn1CC1CN(CC3(O)CCCCC3)C1)CCCC2. The zero-order chi connectivity index (χ0) is 16.6. The van der Waals surface area contributed by atoms with Gasteiger partial charge in [0, 0.05) is 31.6 Å². The van der Waals surface area contributed by atoms with Gasteiger partial charge in [-0.1, -0.05) is 19.3 Å². The Labute approximate surface area is 143 Å². The Morgan fingerprint density at radius 2 is 1.88 bits per heavy atom. The van der Waals surface area contributed by atoms with Gasteiger partial charge in [0.1, 0.15) is 0 Å². The van der Waals surface area contributed by atoms with E-state index in [0.29, 0.717) is 5.92 Å². The van der Waals surface area contributed by atoms with Crippen LogP contribution in [-0.4, -0.2) is 45.0 Å². The molecule has 1 aliphatic heterocycles. The third-order valence-corrected chi connectivity index (χ3v) is 6.04. The molecule has 1 N–H and O–H groups in total. The average molecular weight is 331 g/mol. The molecule has 2 heterocycles. The van der Waals surface area contributed by atoms with Crippen molar-refractivity contribution in [1.29, 1.82) is 0 Å². The van der Waals surface area contributed by atoms with Crippen LogP contribution in [0.25, 0.3) is 0 Å². The van der Waals surface area contributed by atoms with Gasteiger partial charge in [-0.2, -0.15) is 5.10 Å². The molecule has 5 heteroatoms. The summed E-state index contributed by atoms with van der Waals surface area (Å²) >= 11 is 0.